The van der Waals surface area contributed by atoms with Crippen molar-refractivity contribution < 1.29 is 42.1 Å². The molecule has 0 unspecified atom stereocenters. The number of amides is 2. The third kappa shape index (κ3) is 5.05. The summed E-state index contributed by atoms with van der Waals surface area (Å²) in [6.07, 6.45) is -0.957. The summed E-state index contributed by atoms with van der Waals surface area (Å²) in [5.74, 6) is -7.55. The molecule has 0 saturated carbocycles. The van der Waals surface area contributed by atoms with Crippen LogP contribution in [0, 0.1) is 18.6 Å². The number of nitrogens with zero attached hydrogens (tertiary/aromatic N) is 1. The van der Waals surface area contributed by atoms with E-state index in [0.717, 1.165) is 23.1 Å². The summed E-state index contributed by atoms with van der Waals surface area (Å²) in [5, 5.41) is 23.0. The number of ether oxygens (including phenoxy) is 1. The van der Waals surface area contributed by atoms with Crippen LogP contribution in [0.4, 0.5) is 28.9 Å². The van der Waals surface area contributed by atoms with E-state index >= 15 is 0 Å². The fourth-order valence-corrected chi connectivity index (χ4v) is 4.60. The van der Waals surface area contributed by atoms with Gasteiger partial charge in [-0.25, -0.2) is 17.6 Å². The number of nitrogens with one attached hydrogen (secondary N) is 1. The number of halogens is 5. The molecule has 1 atom stereocenters. The van der Waals surface area contributed by atoms with Crippen molar-refractivity contribution in [1.29, 1.82) is 0 Å². The minimum Gasteiger partial charge on any atom is -0.495 e. The van der Waals surface area contributed by atoms with Crippen molar-refractivity contribution in [2.75, 3.05) is 30.5 Å². The van der Waals surface area contributed by atoms with Crippen molar-refractivity contribution >= 4 is 34.8 Å². The topological polar surface area (TPSA) is 99.1 Å². The van der Waals surface area contributed by atoms with Gasteiger partial charge in [-0.15, -0.1) is 0 Å². The first-order valence-corrected chi connectivity index (χ1v) is 12.0. The number of aliphatic hydroxyl groups is 2. The number of hydrogen-bond acceptors (Lipinski definition) is 5. The van der Waals surface area contributed by atoms with Gasteiger partial charge in [0.25, 0.3) is 17.7 Å². The smallest absolute Gasteiger partial charge is 0.284 e. The van der Waals surface area contributed by atoms with Gasteiger partial charge in [0.15, 0.2) is 17.2 Å². The number of aryl methyl sites for hydroxylation is 1. The first-order valence-electron chi connectivity index (χ1n) is 11.6. The van der Waals surface area contributed by atoms with Crippen LogP contribution in [0.25, 0.3) is 0 Å². The number of carbonyl (C=O) groups is 2. The second-order valence-electron chi connectivity index (χ2n) is 9.04. The Morgan fingerprint density at radius 2 is 1.79 bits per heavy atom. The van der Waals surface area contributed by atoms with Crippen LogP contribution in [0.2, 0.25) is 5.02 Å². The van der Waals surface area contributed by atoms with Crippen LogP contribution in [0.5, 0.6) is 5.75 Å². The van der Waals surface area contributed by atoms with Gasteiger partial charge in [0.05, 0.1) is 25.1 Å². The summed E-state index contributed by atoms with van der Waals surface area (Å²) >= 11 is 5.99. The normalized spacial score (nSPS) is 18.2. The molecule has 7 nitrogen and oxygen atoms in total. The number of hydrogen-bond donors (Lipinski definition) is 3. The maximum Gasteiger partial charge on any atom is 0.284 e. The predicted octanol–water partition coefficient (Wildman–Crippen LogP) is 5.05. The van der Waals surface area contributed by atoms with Crippen LogP contribution in [0.15, 0.2) is 48.5 Å². The molecule has 0 fully saturated rings. The maximum absolute atomic E-state index is 15.0. The lowest BCUT2D eigenvalue weighted by Gasteiger charge is -2.33. The summed E-state index contributed by atoms with van der Waals surface area (Å²) in [6, 6.07) is 9.30. The SMILES string of the molecule is COc1cc(C(=O)N2CCC(F)(F)[C@](O)(CO)c3cc(Cl)ccc32)ccc1NC(=O)c1cc(F)c(F)cc1C. The van der Waals surface area contributed by atoms with Crippen molar-refractivity contribution in [2.24, 2.45) is 0 Å². The third-order valence-electron chi connectivity index (χ3n) is 6.63. The quantitative estimate of drug-likeness (QED) is 0.375. The maximum atomic E-state index is 15.0. The minimum absolute atomic E-state index is 0.00693. The van der Waals surface area contributed by atoms with Gasteiger partial charge < -0.3 is 25.2 Å². The lowest BCUT2D eigenvalue weighted by Crippen LogP contribution is -2.48. The van der Waals surface area contributed by atoms with E-state index in [9.17, 15) is 37.4 Å². The highest BCUT2D eigenvalue weighted by molar-refractivity contribution is 6.30. The van der Waals surface area contributed by atoms with E-state index in [4.69, 9.17) is 16.3 Å². The first-order chi connectivity index (χ1) is 18.3. The van der Waals surface area contributed by atoms with Gasteiger partial charge in [0.2, 0.25) is 0 Å². The standard InChI is InChI=1S/C27H23ClF4N2O5/c1-14-9-19(29)20(30)12-17(14)24(36)33-21-5-3-15(10-23(21)39-2)25(37)34-8-7-27(31,32)26(38,13-35)18-11-16(28)4-6-22(18)34/h3-6,9-12,35,38H,7-8,13H2,1-2H3,(H,33,36)/t26-/m0/s1. The molecule has 0 saturated heterocycles. The van der Waals surface area contributed by atoms with Crippen molar-refractivity contribution in [3.8, 4) is 5.75 Å². The summed E-state index contributed by atoms with van der Waals surface area (Å²) in [7, 11) is 1.27. The van der Waals surface area contributed by atoms with E-state index in [1.165, 1.54) is 44.4 Å². The molecule has 3 N–H and O–H groups in total. The number of aliphatic hydroxyl groups excluding tert-OH is 1. The molecule has 1 aliphatic rings. The van der Waals surface area contributed by atoms with Crippen LogP contribution >= 0.6 is 11.6 Å². The zero-order chi connectivity index (χ0) is 28.7. The van der Waals surface area contributed by atoms with Gasteiger partial charge in [0.1, 0.15) is 5.75 Å². The van der Waals surface area contributed by atoms with E-state index in [2.05, 4.69) is 5.32 Å². The van der Waals surface area contributed by atoms with Crippen LogP contribution in [-0.4, -0.2) is 48.2 Å². The second kappa shape index (κ2) is 10.5. The van der Waals surface area contributed by atoms with Crippen molar-refractivity contribution in [2.45, 2.75) is 24.9 Å². The molecule has 206 valence electrons. The molecule has 2 amide bonds. The molecule has 1 heterocycles. The van der Waals surface area contributed by atoms with Gasteiger partial charge in [-0.3, -0.25) is 9.59 Å². The van der Waals surface area contributed by atoms with Crippen molar-refractivity contribution in [1.82, 2.24) is 0 Å². The molecule has 1 aliphatic heterocycles. The Balaban J connectivity index is 1.69. The highest BCUT2D eigenvalue weighted by Gasteiger charge is 2.56. The summed E-state index contributed by atoms with van der Waals surface area (Å²) < 4.78 is 62.4. The number of anilines is 2. The lowest BCUT2D eigenvalue weighted by atomic mass is 9.86. The fraction of sp³-hybridized carbons (Fsp3) is 0.259. The highest BCUT2D eigenvalue weighted by atomic mass is 35.5. The van der Waals surface area contributed by atoms with Gasteiger partial charge >= 0.3 is 0 Å². The van der Waals surface area contributed by atoms with Gasteiger partial charge in [-0.05, 0) is 61.0 Å². The molecule has 0 radical (unpaired) electrons. The van der Waals surface area contributed by atoms with Crippen molar-refractivity contribution in [3.63, 3.8) is 0 Å². The Labute approximate surface area is 225 Å². The zero-order valence-corrected chi connectivity index (χ0v) is 21.5. The largest absolute Gasteiger partial charge is 0.495 e. The van der Waals surface area contributed by atoms with Gasteiger partial charge in [-0.2, -0.15) is 0 Å². The average Bonchev–Trinajstić information content (AvgIpc) is 2.98. The highest BCUT2D eigenvalue weighted by Crippen LogP contribution is 2.47. The molecule has 0 spiro atoms. The first kappa shape index (κ1) is 28.3. The average molecular weight is 567 g/mol. The van der Waals surface area contributed by atoms with Crippen LogP contribution < -0.4 is 15.0 Å². The van der Waals surface area contributed by atoms with Crippen LogP contribution in [0.1, 0.15) is 38.3 Å². The molecular weight excluding hydrogens is 544 g/mol. The molecular formula is C27H23ClF4N2O5. The molecule has 39 heavy (non-hydrogen) atoms. The van der Waals surface area contributed by atoms with E-state index < -0.39 is 60.1 Å². The summed E-state index contributed by atoms with van der Waals surface area (Å²) in [4.78, 5) is 27.3. The van der Waals surface area contributed by atoms with E-state index in [0.29, 0.717) is 0 Å². The molecule has 0 aromatic heterocycles. The predicted molar refractivity (Wildman–Crippen MR) is 136 cm³/mol. The Morgan fingerprint density at radius 1 is 1.10 bits per heavy atom. The molecule has 3 aromatic rings. The Hall–Kier alpha value is -3.67. The monoisotopic (exact) mass is 566 g/mol. The number of alkyl halides is 2. The van der Waals surface area contributed by atoms with E-state index in [1.54, 1.807) is 0 Å². The summed E-state index contributed by atoms with van der Waals surface area (Å²) in [6.45, 7) is -0.377. The van der Waals surface area contributed by atoms with E-state index in [-0.39, 0.29) is 38.8 Å². The Bertz CT molecular complexity index is 1470. The molecule has 4 rings (SSSR count). The Morgan fingerprint density at radius 3 is 2.46 bits per heavy atom. The van der Waals surface area contributed by atoms with Gasteiger partial charge in [-0.1, -0.05) is 11.6 Å². The Kier molecular flexibility index (Phi) is 7.61. The number of carbonyl (C=O) groups excluding carboxylic acids is 2. The second-order valence-corrected chi connectivity index (χ2v) is 9.48. The lowest BCUT2D eigenvalue weighted by molar-refractivity contribution is -0.205. The molecule has 3 aromatic carbocycles. The van der Waals surface area contributed by atoms with Crippen LogP contribution in [0.3, 0.4) is 0 Å². The number of rotatable bonds is 5. The number of fused-ring (bicyclic) bond motifs is 1. The zero-order valence-electron chi connectivity index (χ0n) is 20.7. The van der Waals surface area contributed by atoms with E-state index in [1.807, 2.05) is 0 Å². The van der Waals surface area contributed by atoms with Crippen LogP contribution in [-0.2, 0) is 5.60 Å². The van der Waals surface area contributed by atoms with Crippen molar-refractivity contribution in [3.05, 3.63) is 87.4 Å². The molecule has 0 bridgehead atoms. The number of benzene rings is 3. The molecule has 12 heteroatoms. The number of methoxy groups -OCH3 is 1. The molecule has 0 aliphatic carbocycles. The fourth-order valence-electron chi connectivity index (χ4n) is 4.43. The summed E-state index contributed by atoms with van der Waals surface area (Å²) in [5.41, 5.74) is -3.29. The van der Waals surface area contributed by atoms with Gasteiger partial charge in [0, 0.05) is 34.7 Å². The minimum atomic E-state index is -3.79. The third-order valence-corrected chi connectivity index (χ3v) is 6.87.